The zero-order valence-corrected chi connectivity index (χ0v) is 15.1. The van der Waals surface area contributed by atoms with Gasteiger partial charge in [0.15, 0.2) is 0 Å². The molecule has 0 radical (unpaired) electrons. The molecule has 0 saturated carbocycles. The summed E-state index contributed by atoms with van der Waals surface area (Å²) in [5.74, 6) is -0.109. The van der Waals surface area contributed by atoms with Crippen LogP contribution in [-0.4, -0.2) is 28.6 Å². The highest BCUT2D eigenvalue weighted by molar-refractivity contribution is 7.89. The van der Waals surface area contributed by atoms with Crippen molar-refractivity contribution in [2.75, 3.05) is 14.2 Å². The van der Waals surface area contributed by atoms with Crippen molar-refractivity contribution in [2.24, 2.45) is 5.14 Å². The second-order valence-corrected chi connectivity index (χ2v) is 6.94. The third-order valence-corrected chi connectivity index (χ3v) is 4.47. The summed E-state index contributed by atoms with van der Waals surface area (Å²) in [4.78, 5) is 12.1. The Labute approximate surface area is 150 Å². The molecule has 0 unspecified atom stereocenters. The monoisotopic (exact) mass is 385 g/mol. The van der Waals surface area contributed by atoms with Crippen molar-refractivity contribution in [3.05, 3.63) is 52.5 Å². The zero-order chi connectivity index (χ0) is 18.6. The van der Waals surface area contributed by atoms with Gasteiger partial charge in [-0.25, -0.2) is 18.4 Å². The number of methoxy groups -OCH3 is 2. The highest BCUT2D eigenvalue weighted by atomic mass is 35.5. The number of benzene rings is 2. The van der Waals surface area contributed by atoms with E-state index in [0.717, 1.165) is 6.07 Å². The largest absolute Gasteiger partial charge is 0.496 e. The van der Waals surface area contributed by atoms with Crippen LogP contribution in [-0.2, 0) is 21.4 Å². The number of nitrogens with two attached hydrogens (primary N) is 1. The third-order valence-electron chi connectivity index (χ3n) is 3.32. The Hall–Kier alpha value is -2.29. The minimum atomic E-state index is -3.97. The highest BCUT2D eigenvalue weighted by Gasteiger charge is 2.19. The van der Waals surface area contributed by atoms with E-state index in [1.54, 1.807) is 18.2 Å². The molecule has 134 valence electrons. The van der Waals surface area contributed by atoms with Crippen molar-refractivity contribution < 1.29 is 27.4 Å². The van der Waals surface area contributed by atoms with Crippen LogP contribution in [0.5, 0.6) is 11.5 Å². The number of ether oxygens (including phenoxy) is 3. The van der Waals surface area contributed by atoms with Crippen molar-refractivity contribution in [3.8, 4) is 11.5 Å². The molecular formula is C16H16ClNO6S. The lowest BCUT2D eigenvalue weighted by Gasteiger charge is -2.12. The molecule has 7 nitrogen and oxygen atoms in total. The van der Waals surface area contributed by atoms with Crippen molar-refractivity contribution in [2.45, 2.75) is 11.5 Å². The first-order chi connectivity index (χ1) is 11.8. The van der Waals surface area contributed by atoms with Crippen LogP contribution < -0.4 is 14.6 Å². The molecule has 0 saturated heterocycles. The van der Waals surface area contributed by atoms with Gasteiger partial charge < -0.3 is 14.2 Å². The molecule has 0 fully saturated rings. The average Bonchev–Trinajstić information content (AvgIpc) is 2.58. The van der Waals surface area contributed by atoms with E-state index in [0.29, 0.717) is 16.3 Å². The number of hydrogen-bond donors (Lipinski definition) is 1. The third kappa shape index (κ3) is 4.62. The van der Waals surface area contributed by atoms with Gasteiger partial charge in [0.2, 0.25) is 10.0 Å². The smallest absolute Gasteiger partial charge is 0.342 e. The van der Waals surface area contributed by atoms with E-state index in [1.165, 1.54) is 26.4 Å². The number of halogens is 1. The predicted octanol–water partition coefficient (Wildman–Crippen LogP) is 2.36. The van der Waals surface area contributed by atoms with Crippen LogP contribution in [0.25, 0.3) is 0 Å². The molecule has 2 N–H and O–H groups in total. The van der Waals surface area contributed by atoms with E-state index in [1.807, 2.05) is 0 Å². The maximum atomic E-state index is 12.3. The van der Waals surface area contributed by atoms with Crippen LogP contribution in [0.3, 0.4) is 0 Å². The molecule has 0 aliphatic carbocycles. The number of hydrogen-bond acceptors (Lipinski definition) is 6. The van der Waals surface area contributed by atoms with Crippen molar-refractivity contribution in [1.82, 2.24) is 0 Å². The van der Waals surface area contributed by atoms with Gasteiger partial charge in [0.05, 0.1) is 19.1 Å². The molecule has 0 heterocycles. The highest BCUT2D eigenvalue weighted by Crippen LogP contribution is 2.26. The number of carbonyl (C=O) groups is 1. The second kappa shape index (κ2) is 7.73. The Morgan fingerprint density at radius 3 is 2.32 bits per heavy atom. The van der Waals surface area contributed by atoms with Crippen LogP contribution in [0.1, 0.15) is 15.9 Å². The van der Waals surface area contributed by atoms with E-state index in [9.17, 15) is 13.2 Å². The summed E-state index contributed by atoms with van der Waals surface area (Å²) >= 11 is 5.93. The quantitative estimate of drug-likeness (QED) is 0.765. The van der Waals surface area contributed by atoms with Crippen molar-refractivity contribution in [1.29, 1.82) is 0 Å². The summed E-state index contributed by atoms with van der Waals surface area (Å²) in [6.45, 7) is -0.120. The van der Waals surface area contributed by atoms with E-state index in [2.05, 4.69) is 0 Å². The summed E-state index contributed by atoms with van der Waals surface area (Å²) in [5, 5.41) is 5.54. The lowest BCUT2D eigenvalue weighted by Crippen LogP contribution is -2.14. The molecule has 2 aromatic rings. The molecule has 0 aromatic heterocycles. The SMILES string of the molecule is COc1ccc(Cl)cc1COC(=O)c1cc(S(N)(=O)=O)ccc1OC. The molecule has 0 spiro atoms. The Morgan fingerprint density at radius 2 is 1.72 bits per heavy atom. The number of primary sulfonamides is 1. The molecular weight excluding hydrogens is 370 g/mol. The van der Waals surface area contributed by atoms with Gasteiger partial charge in [-0.1, -0.05) is 11.6 Å². The normalized spacial score (nSPS) is 11.0. The summed E-state index contributed by atoms with van der Waals surface area (Å²) in [6.07, 6.45) is 0. The number of esters is 1. The first-order valence-corrected chi connectivity index (χ1v) is 8.89. The number of carbonyl (C=O) groups excluding carboxylic acids is 1. The maximum absolute atomic E-state index is 12.3. The summed E-state index contributed by atoms with van der Waals surface area (Å²) in [5.41, 5.74) is 0.500. The van der Waals surface area contributed by atoms with Gasteiger partial charge in [-0.2, -0.15) is 0 Å². The molecule has 2 rings (SSSR count). The molecule has 0 atom stereocenters. The van der Waals surface area contributed by atoms with Crippen LogP contribution in [0, 0.1) is 0 Å². The summed E-state index contributed by atoms with van der Waals surface area (Å²) in [7, 11) is -1.14. The fourth-order valence-corrected chi connectivity index (χ4v) is 2.84. The maximum Gasteiger partial charge on any atom is 0.342 e. The number of rotatable bonds is 6. The average molecular weight is 386 g/mol. The van der Waals surface area contributed by atoms with E-state index in [-0.39, 0.29) is 22.8 Å². The lowest BCUT2D eigenvalue weighted by molar-refractivity contribution is 0.0466. The van der Waals surface area contributed by atoms with Gasteiger partial charge in [0, 0.05) is 10.6 Å². The van der Waals surface area contributed by atoms with Crippen LogP contribution in [0.4, 0.5) is 0 Å². The van der Waals surface area contributed by atoms with E-state index >= 15 is 0 Å². The van der Waals surface area contributed by atoms with Gasteiger partial charge in [0.25, 0.3) is 0 Å². The molecule has 0 bridgehead atoms. The summed E-state index contributed by atoms with van der Waals surface area (Å²) < 4.78 is 38.4. The van der Waals surface area contributed by atoms with Gasteiger partial charge in [-0.05, 0) is 36.4 Å². The molecule has 2 aromatic carbocycles. The zero-order valence-electron chi connectivity index (χ0n) is 13.5. The Bertz CT molecular complexity index is 897. The minimum absolute atomic E-state index is 0.0602. The standard InChI is InChI=1S/C16H16ClNO6S/c1-22-14-5-3-11(17)7-10(14)9-24-16(19)13-8-12(25(18,20)21)4-6-15(13)23-2/h3-8H,9H2,1-2H3,(H2,18,20,21). The fraction of sp³-hybridized carbons (Fsp3) is 0.188. The first kappa shape index (κ1) is 19.0. The lowest BCUT2D eigenvalue weighted by atomic mass is 10.2. The van der Waals surface area contributed by atoms with Gasteiger partial charge in [-0.3, -0.25) is 0 Å². The van der Waals surface area contributed by atoms with Gasteiger partial charge >= 0.3 is 5.97 Å². The van der Waals surface area contributed by atoms with Crippen molar-refractivity contribution >= 4 is 27.6 Å². The molecule has 0 aliphatic rings. The Kier molecular flexibility index (Phi) is 5.89. The topological polar surface area (TPSA) is 105 Å². The second-order valence-electron chi connectivity index (χ2n) is 4.94. The van der Waals surface area contributed by atoms with Crippen LogP contribution in [0.15, 0.2) is 41.3 Å². The first-order valence-electron chi connectivity index (χ1n) is 6.96. The fourth-order valence-electron chi connectivity index (χ4n) is 2.10. The molecule has 0 amide bonds. The van der Waals surface area contributed by atoms with E-state index in [4.69, 9.17) is 31.0 Å². The molecule has 0 aliphatic heterocycles. The predicted molar refractivity (Wildman–Crippen MR) is 91.5 cm³/mol. The Balaban J connectivity index is 2.28. The van der Waals surface area contributed by atoms with Gasteiger partial charge in [0.1, 0.15) is 23.7 Å². The molecule has 25 heavy (non-hydrogen) atoms. The van der Waals surface area contributed by atoms with Crippen molar-refractivity contribution in [3.63, 3.8) is 0 Å². The van der Waals surface area contributed by atoms with Gasteiger partial charge in [-0.15, -0.1) is 0 Å². The summed E-state index contributed by atoms with van der Waals surface area (Å²) in [6, 6.07) is 8.57. The molecule has 9 heteroatoms. The van der Waals surface area contributed by atoms with Crippen LogP contribution >= 0.6 is 11.6 Å². The minimum Gasteiger partial charge on any atom is -0.496 e. The van der Waals surface area contributed by atoms with Crippen LogP contribution in [0.2, 0.25) is 5.02 Å². The Morgan fingerprint density at radius 1 is 1.08 bits per heavy atom. The number of sulfonamides is 1. The van der Waals surface area contributed by atoms with E-state index < -0.39 is 16.0 Å².